The number of nitrogen functional groups attached to an aromatic ring is 1. The molecule has 0 fully saturated rings. The number of anilines is 1. The SMILES string of the molecule is Nc1ccc(CCn2cncc(I)c2=O)cc1. The summed E-state index contributed by atoms with van der Waals surface area (Å²) in [5.74, 6) is 0. The molecule has 2 N–H and O–H groups in total. The summed E-state index contributed by atoms with van der Waals surface area (Å²) < 4.78 is 2.26. The molecule has 5 heteroatoms. The Labute approximate surface area is 113 Å². The van der Waals surface area contributed by atoms with E-state index in [1.165, 1.54) is 0 Å². The lowest BCUT2D eigenvalue weighted by atomic mass is 10.1. The molecule has 0 atom stereocenters. The second-order valence-electron chi connectivity index (χ2n) is 3.73. The van der Waals surface area contributed by atoms with Crippen LogP contribution < -0.4 is 11.3 Å². The van der Waals surface area contributed by atoms with E-state index in [4.69, 9.17) is 5.73 Å². The van der Waals surface area contributed by atoms with Gasteiger partial charge in [0.25, 0.3) is 5.56 Å². The molecule has 17 heavy (non-hydrogen) atoms. The van der Waals surface area contributed by atoms with Crippen LogP contribution in [0.1, 0.15) is 5.56 Å². The zero-order chi connectivity index (χ0) is 12.3. The predicted molar refractivity (Wildman–Crippen MR) is 75.8 cm³/mol. The van der Waals surface area contributed by atoms with Crippen LogP contribution in [0, 0.1) is 3.57 Å². The molecule has 0 aliphatic rings. The number of benzene rings is 1. The molecule has 4 nitrogen and oxygen atoms in total. The summed E-state index contributed by atoms with van der Waals surface area (Å²) in [5, 5.41) is 0. The van der Waals surface area contributed by atoms with Crippen LogP contribution in [0.3, 0.4) is 0 Å². The van der Waals surface area contributed by atoms with Crippen molar-refractivity contribution >= 4 is 28.3 Å². The zero-order valence-electron chi connectivity index (χ0n) is 9.14. The van der Waals surface area contributed by atoms with Gasteiger partial charge >= 0.3 is 0 Å². The van der Waals surface area contributed by atoms with Crippen LogP contribution in [-0.2, 0) is 13.0 Å². The van der Waals surface area contributed by atoms with Crippen molar-refractivity contribution in [3.63, 3.8) is 0 Å². The largest absolute Gasteiger partial charge is 0.399 e. The van der Waals surface area contributed by atoms with Gasteiger partial charge in [0.05, 0.1) is 9.90 Å². The topological polar surface area (TPSA) is 60.9 Å². The fraction of sp³-hybridized carbons (Fsp3) is 0.167. The van der Waals surface area contributed by atoms with Crippen LogP contribution in [0.25, 0.3) is 0 Å². The van der Waals surface area contributed by atoms with Crippen molar-refractivity contribution in [2.45, 2.75) is 13.0 Å². The van der Waals surface area contributed by atoms with Crippen molar-refractivity contribution in [1.82, 2.24) is 9.55 Å². The second kappa shape index (κ2) is 5.31. The molecule has 1 heterocycles. The number of rotatable bonds is 3. The summed E-state index contributed by atoms with van der Waals surface area (Å²) in [7, 11) is 0. The maximum Gasteiger partial charge on any atom is 0.266 e. The Bertz CT molecular complexity index is 563. The Balaban J connectivity index is 2.10. The van der Waals surface area contributed by atoms with Crippen molar-refractivity contribution in [1.29, 1.82) is 0 Å². The van der Waals surface area contributed by atoms with Crippen molar-refractivity contribution in [3.8, 4) is 0 Å². The van der Waals surface area contributed by atoms with Gasteiger partial charge in [0.2, 0.25) is 0 Å². The third kappa shape index (κ3) is 3.06. The molecule has 1 aromatic carbocycles. The van der Waals surface area contributed by atoms with Crippen molar-refractivity contribution in [2.75, 3.05) is 5.73 Å². The molecule has 2 aromatic rings. The monoisotopic (exact) mass is 341 g/mol. The van der Waals surface area contributed by atoms with Crippen LogP contribution in [-0.4, -0.2) is 9.55 Å². The fourth-order valence-electron chi connectivity index (χ4n) is 1.52. The van der Waals surface area contributed by atoms with Crippen LogP contribution in [0.2, 0.25) is 0 Å². The summed E-state index contributed by atoms with van der Waals surface area (Å²) in [6, 6.07) is 7.68. The second-order valence-corrected chi connectivity index (χ2v) is 4.89. The predicted octanol–water partition coefficient (Wildman–Crippen LogP) is 1.67. The maximum atomic E-state index is 11.7. The quantitative estimate of drug-likeness (QED) is 0.683. The lowest BCUT2D eigenvalue weighted by molar-refractivity contribution is 0.651. The first-order valence-electron chi connectivity index (χ1n) is 5.21. The van der Waals surface area contributed by atoms with Crippen LogP contribution in [0.4, 0.5) is 5.69 Å². The molecule has 0 saturated carbocycles. The van der Waals surface area contributed by atoms with Gasteiger partial charge in [-0.3, -0.25) is 9.36 Å². The Kier molecular flexibility index (Phi) is 3.78. The number of halogens is 1. The first-order chi connectivity index (χ1) is 8.16. The average molecular weight is 341 g/mol. The van der Waals surface area contributed by atoms with Crippen LogP contribution in [0.15, 0.2) is 41.6 Å². The van der Waals surface area contributed by atoms with Gasteiger partial charge in [0.15, 0.2) is 0 Å². The Morgan fingerprint density at radius 1 is 1.29 bits per heavy atom. The van der Waals surface area contributed by atoms with E-state index in [-0.39, 0.29) is 5.56 Å². The van der Waals surface area contributed by atoms with E-state index in [9.17, 15) is 4.79 Å². The normalized spacial score (nSPS) is 10.4. The standard InChI is InChI=1S/C12H12IN3O/c13-11-7-15-8-16(12(11)17)6-5-9-1-3-10(14)4-2-9/h1-4,7-8H,5-6,14H2. The minimum absolute atomic E-state index is 0.0102. The molecule has 88 valence electrons. The van der Waals surface area contributed by atoms with E-state index in [1.807, 2.05) is 46.9 Å². The smallest absolute Gasteiger partial charge is 0.266 e. The third-order valence-electron chi connectivity index (χ3n) is 2.48. The zero-order valence-corrected chi connectivity index (χ0v) is 11.3. The number of aromatic nitrogens is 2. The molecule has 2 rings (SSSR count). The van der Waals surface area contributed by atoms with E-state index in [0.29, 0.717) is 10.1 Å². The minimum Gasteiger partial charge on any atom is -0.399 e. The number of hydrogen-bond donors (Lipinski definition) is 1. The average Bonchev–Trinajstić information content (AvgIpc) is 2.33. The molecule has 0 spiro atoms. The molecule has 0 amide bonds. The highest BCUT2D eigenvalue weighted by Gasteiger charge is 2.01. The first kappa shape index (κ1) is 12.1. The number of nitrogens with two attached hydrogens (primary N) is 1. The molecule has 0 unspecified atom stereocenters. The molecule has 0 radical (unpaired) electrons. The molecular weight excluding hydrogens is 329 g/mol. The summed E-state index contributed by atoms with van der Waals surface area (Å²) >= 11 is 2.00. The molecule has 0 aliphatic heterocycles. The van der Waals surface area contributed by atoms with Gasteiger partial charge in [-0.2, -0.15) is 0 Å². The number of hydrogen-bond acceptors (Lipinski definition) is 3. The lowest BCUT2D eigenvalue weighted by Gasteiger charge is -2.05. The van der Waals surface area contributed by atoms with Gasteiger partial charge in [-0.15, -0.1) is 0 Å². The minimum atomic E-state index is 0.0102. The van der Waals surface area contributed by atoms with E-state index in [1.54, 1.807) is 17.1 Å². The number of nitrogens with zero attached hydrogens (tertiary/aromatic N) is 2. The summed E-state index contributed by atoms with van der Waals surface area (Å²) in [4.78, 5) is 15.7. The third-order valence-corrected chi connectivity index (χ3v) is 3.22. The van der Waals surface area contributed by atoms with Crippen molar-refractivity contribution in [3.05, 3.63) is 56.3 Å². The van der Waals surface area contributed by atoms with Gasteiger partial charge in [-0.25, -0.2) is 4.98 Å². The molecule has 0 aliphatic carbocycles. The van der Waals surface area contributed by atoms with Crippen LogP contribution >= 0.6 is 22.6 Å². The maximum absolute atomic E-state index is 11.7. The Morgan fingerprint density at radius 2 is 2.00 bits per heavy atom. The van der Waals surface area contributed by atoms with E-state index < -0.39 is 0 Å². The van der Waals surface area contributed by atoms with Crippen LogP contribution in [0.5, 0.6) is 0 Å². The Morgan fingerprint density at radius 3 is 2.71 bits per heavy atom. The highest BCUT2D eigenvalue weighted by molar-refractivity contribution is 14.1. The van der Waals surface area contributed by atoms with E-state index in [2.05, 4.69) is 4.98 Å². The van der Waals surface area contributed by atoms with Crippen molar-refractivity contribution < 1.29 is 0 Å². The summed E-state index contributed by atoms with van der Waals surface area (Å²) in [6.45, 7) is 0.632. The summed E-state index contributed by atoms with van der Waals surface area (Å²) in [6.07, 6.45) is 3.94. The molecule has 0 saturated heterocycles. The van der Waals surface area contributed by atoms with Gasteiger partial charge in [0, 0.05) is 18.4 Å². The molecule has 0 bridgehead atoms. The van der Waals surface area contributed by atoms with E-state index in [0.717, 1.165) is 17.7 Å². The highest BCUT2D eigenvalue weighted by atomic mass is 127. The fourth-order valence-corrected chi connectivity index (χ4v) is 1.99. The lowest BCUT2D eigenvalue weighted by Crippen LogP contribution is -2.23. The van der Waals surface area contributed by atoms with Gasteiger partial charge < -0.3 is 5.73 Å². The van der Waals surface area contributed by atoms with Gasteiger partial charge in [-0.05, 0) is 46.7 Å². The van der Waals surface area contributed by atoms with Gasteiger partial charge in [-0.1, -0.05) is 12.1 Å². The molecular formula is C12H12IN3O. The van der Waals surface area contributed by atoms with Crippen molar-refractivity contribution in [2.24, 2.45) is 0 Å². The van der Waals surface area contributed by atoms with Gasteiger partial charge in [0.1, 0.15) is 0 Å². The Hall–Kier alpha value is -1.37. The summed E-state index contributed by atoms with van der Waals surface area (Å²) in [5.41, 5.74) is 7.53. The van der Waals surface area contributed by atoms with E-state index >= 15 is 0 Å². The molecule has 1 aromatic heterocycles. The highest BCUT2D eigenvalue weighted by Crippen LogP contribution is 2.06. The number of aryl methyl sites for hydroxylation is 2. The first-order valence-corrected chi connectivity index (χ1v) is 6.29.